The number of hydrogen-bond donors (Lipinski definition) is 1. The summed E-state index contributed by atoms with van der Waals surface area (Å²) < 4.78 is 12.3. The van der Waals surface area contributed by atoms with Crippen molar-refractivity contribution >= 4 is 17.0 Å². The number of benzene rings is 1. The maximum Gasteiger partial charge on any atom is 0.337 e. The molecule has 3 rings (SSSR count). The topological polar surface area (TPSA) is 65.4 Å². The number of carbonyl (C=O) groups is 1. The minimum atomic E-state index is -0.317. The first kappa shape index (κ1) is 16.9. The average Bonchev–Trinajstić information content (AvgIpc) is 3.00. The summed E-state index contributed by atoms with van der Waals surface area (Å²) >= 11 is 0. The number of methoxy groups -OCH3 is 2. The Bertz CT molecular complexity index is 705. The Morgan fingerprint density at radius 1 is 1.42 bits per heavy atom. The van der Waals surface area contributed by atoms with Gasteiger partial charge in [-0.05, 0) is 44.0 Å². The van der Waals surface area contributed by atoms with Crippen LogP contribution in [-0.2, 0) is 16.0 Å². The molecule has 0 spiro atoms. The molecule has 2 aromatic rings. The molecule has 24 heavy (non-hydrogen) atoms. The highest BCUT2D eigenvalue weighted by atomic mass is 16.5. The second kappa shape index (κ2) is 7.77. The predicted octanol–water partition coefficient (Wildman–Crippen LogP) is 2.33. The summed E-state index contributed by atoms with van der Waals surface area (Å²) in [6.07, 6.45) is 3.22. The fourth-order valence-corrected chi connectivity index (χ4v) is 3.37. The minimum Gasteiger partial charge on any atom is -0.465 e. The first-order valence-corrected chi connectivity index (χ1v) is 8.52. The van der Waals surface area contributed by atoms with Gasteiger partial charge in [0.2, 0.25) is 0 Å². The van der Waals surface area contributed by atoms with E-state index in [1.54, 1.807) is 13.2 Å². The maximum atomic E-state index is 11.9. The number of fused-ring (bicyclic) bond motifs is 1. The molecule has 1 saturated heterocycles. The molecule has 0 aliphatic carbocycles. The lowest BCUT2D eigenvalue weighted by atomic mass is 9.99. The third kappa shape index (κ3) is 3.44. The van der Waals surface area contributed by atoms with Crippen LogP contribution in [0.1, 0.15) is 41.4 Å². The molecular formula is C18H25N3O3. The standard InChI is InChI=1S/C18H25N3O3/c1-23-10-4-9-21-16-11-13(18(22)24-2)6-7-15(16)20-17(21)14-5-3-8-19-12-14/h6-7,11,14,19H,3-5,8-10,12H2,1-2H3. The van der Waals surface area contributed by atoms with Gasteiger partial charge in [0.1, 0.15) is 5.82 Å². The van der Waals surface area contributed by atoms with Gasteiger partial charge >= 0.3 is 5.97 Å². The molecule has 1 aromatic heterocycles. The molecule has 1 fully saturated rings. The van der Waals surface area contributed by atoms with Crippen LogP contribution in [0, 0.1) is 0 Å². The van der Waals surface area contributed by atoms with Crippen LogP contribution in [0.25, 0.3) is 11.0 Å². The van der Waals surface area contributed by atoms with E-state index in [0.29, 0.717) is 18.1 Å². The molecule has 1 aliphatic heterocycles. The largest absolute Gasteiger partial charge is 0.465 e. The highest BCUT2D eigenvalue weighted by Crippen LogP contribution is 2.28. The van der Waals surface area contributed by atoms with Crippen LogP contribution in [0.5, 0.6) is 0 Å². The Labute approximate surface area is 142 Å². The SMILES string of the molecule is COCCCn1c(C2CCCNC2)nc2ccc(C(=O)OC)cc21. The monoisotopic (exact) mass is 331 g/mol. The number of aryl methyl sites for hydroxylation is 1. The van der Waals surface area contributed by atoms with Crippen molar-refractivity contribution in [2.24, 2.45) is 0 Å². The van der Waals surface area contributed by atoms with Crippen LogP contribution in [0.2, 0.25) is 0 Å². The number of ether oxygens (including phenoxy) is 2. The zero-order chi connectivity index (χ0) is 16.9. The zero-order valence-electron chi connectivity index (χ0n) is 14.4. The molecule has 1 aliphatic rings. The fraction of sp³-hybridized carbons (Fsp3) is 0.556. The highest BCUT2D eigenvalue weighted by molar-refractivity contribution is 5.93. The zero-order valence-corrected chi connectivity index (χ0v) is 14.4. The van der Waals surface area contributed by atoms with E-state index in [2.05, 4.69) is 9.88 Å². The summed E-state index contributed by atoms with van der Waals surface area (Å²) in [5.41, 5.74) is 2.49. The number of hydrogen-bond acceptors (Lipinski definition) is 5. The van der Waals surface area contributed by atoms with Crippen LogP contribution < -0.4 is 5.32 Å². The van der Waals surface area contributed by atoms with Crippen molar-refractivity contribution in [3.63, 3.8) is 0 Å². The smallest absolute Gasteiger partial charge is 0.337 e. The van der Waals surface area contributed by atoms with Crippen molar-refractivity contribution < 1.29 is 14.3 Å². The number of esters is 1. The van der Waals surface area contributed by atoms with Gasteiger partial charge in [-0.3, -0.25) is 0 Å². The van der Waals surface area contributed by atoms with Gasteiger partial charge in [-0.1, -0.05) is 0 Å². The Morgan fingerprint density at radius 3 is 3.00 bits per heavy atom. The van der Waals surface area contributed by atoms with E-state index < -0.39 is 0 Å². The molecule has 1 atom stereocenters. The van der Waals surface area contributed by atoms with E-state index in [0.717, 1.165) is 49.3 Å². The first-order chi connectivity index (χ1) is 11.7. The van der Waals surface area contributed by atoms with Gasteiger partial charge in [-0.2, -0.15) is 0 Å². The molecule has 0 amide bonds. The predicted molar refractivity (Wildman–Crippen MR) is 92.4 cm³/mol. The summed E-state index contributed by atoms with van der Waals surface area (Å²) in [5.74, 6) is 1.20. The summed E-state index contributed by atoms with van der Waals surface area (Å²) in [7, 11) is 3.12. The van der Waals surface area contributed by atoms with E-state index in [-0.39, 0.29) is 5.97 Å². The molecule has 0 radical (unpaired) electrons. The Hall–Kier alpha value is -1.92. The lowest BCUT2D eigenvalue weighted by Gasteiger charge is -2.23. The Morgan fingerprint density at radius 2 is 2.29 bits per heavy atom. The van der Waals surface area contributed by atoms with Crippen LogP contribution >= 0.6 is 0 Å². The normalized spacial score (nSPS) is 18.0. The molecule has 130 valence electrons. The molecule has 0 saturated carbocycles. The van der Waals surface area contributed by atoms with Gasteiger partial charge in [-0.25, -0.2) is 9.78 Å². The van der Waals surface area contributed by atoms with Crippen molar-refractivity contribution in [3.05, 3.63) is 29.6 Å². The van der Waals surface area contributed by atoms with E-state index in [9.17, 15) is 4.79 Å². The number of rotatable bonds is 6. The van der Waals surface area contributed by atoms with Crippen molar-refractivity contribution in [2.45, 2.75) is 31.7 Å². The molecule has 2 heterocycles. The minimum absolute atomic E-state index is 0.317. The van der Waals surface area contributed by atoms with Crippen LogP contribution in [0.15, 0.2) is 18.2 Å². The molecule has 6 nitrogen and oxygen atoms in total. The van der Waals surface area contributed by atoms with Gasteiger partial charge in [-0.15, -0.1) is 0 Å². The van der Waals surface area contributed by atoms with Crippen molar-refractivity contribution in [1.29, 1.82) is 0 Å². The van der Waals surface area contributed by atoms with Crippen LogP contribution in [0.4, 0.5) is 0 Å². The summed E-state index contributed by atoms with van der Waals surface area (Å²) in [6.45, 7) is 3.57. The molecule has 0 bridgehead atoms. The van der Waals surface area contributed by atoms with Gasteiger partial charge in [0, 0.05) is 32.7 Å². The molecule has 1 unspecified atom stereocenters. The van der Waals surface area contributed by atoms with Crippen molar-refractivity contribution in [1.82, 2.24) is 14.9 Å². The number of nitrogens with one attached hydrogen (secondary N) is 1. The second-order valence-corrected chi connectivity index (χ2v) is 6.21. The number of nitrogens with zero attached hydrogens (tertiary/aromatic N) is 2. The van der Waals surface area contributed by atoms with Crippen LogP contribution in [0.3, 0.4) is 0 Å². The number of piperidine rings is 1. The van der Waals surface area contributed by atoms with Crippen LogP contribution in [-0.4, -0.2) is 49.4 Å². The number of aromatic nitrogens is 2. The first-order valence-electron chi connectivity index (χ1n) is 8.52. The molecule has 6 heteroatoms. The van der Waals surface area contributed by atoms with Gasteiger partial charge in [0.15, 0.2) is 0 Å². The van der Waals surface area contributed by atoms with Gasteiger partial charge in [0.25, 0.3) is 0 Å². The van der Waals surface area contributed by atoms with E-state index in [4.69, 9.17) is 14.5 Å². The lowest BCUT2D eigenvalue weighted by molar-refractivity contribution is 0.0601. The van der Waals surface area contributed by atoms with E-state index in [1.165, 1.54) is 13.5 Å². The Kier molecular flexibility index (Phi) is 5.48. The number of imidazole rings is 1. The lowest BCUT2D eigenvalue weighted by Crippen LogP contribution is -2.30. The fourth-order valence-electron chi connectivity index (χ4n) is 3.37. The van der Waals surface area contributed by atoms with Crippen molar-refractivity contribution in [3.8, 4) is 0 Å². The third-order valence-corrected chi connectivity index (χ3v) is 4.59. The second-order valence-electron chi connectivity index (χ2n) is 6.21. The number of carbonyl (C=O) groups excluding carboxylic acids is 1. The van der Waals surface area contributed by atoms with E-state index in [1.807, 2.05) is 12.1 Å². The summed E-state index contributed by atoms with van der Waals surface area (Å²) in [5, 5.41) is 3.46. The van der Waals surface area contributed by atoms with Crippen molar-refractivity contribution in [2.75, 3.05) is 33.9 Å². The van der Waals surface area contributed by atoms with Gasteiger partial charge in [0.05, 0.1) is 23.7 Å². The summed E-state index contributed by atoms with van der Waals surface area (Å²) in [4.78, 5) is 16.7. The quantitative estimate of drug-likeness (QED) is 0.650. The molecule has 1 N–H and O–H groups in total. The van der Waals surface area contributed by atoms with E-state index >= 15 is 0 Å². The highest BCUT2D eigenvalue weighted by Gasteiger charge is 2.22. The maximum absolute atomic E-state index is 11.9. The Balaban J connectivity index is 2.01. The molecular weight excluding hydrogens is 306 g/mol. The average molecular weight is 331 g/mol. The molecule has 1 aromatic carbocycles. The summed E-state index contributed by atoms with van der Waals surface area (Å²) in [6, 6.07) is 5.58. The third-order valence-electron chi connectivity index (χ3n) is 4.59. The van der Waals surface area contributed by atoms with Gasteiger partial charge < -0.3 is 19.4 Å².